The standard InChI is InChI=1S/C11H15ClN2OS/c1-9-10(2-3-11(12)13-9)8-14-4-6-16(15)7-5-14/h2-3H,4-8H2,1H3. The maximum absolute atomic E-state index is 11.2. The molecule has 0 radical (unpaired) electrons. The van der Waals surface area contributed by atoms with Crippen LogP contribution in [0.3, 0.4) is 0 Å². The molecule has 1 fully saturated rings. The van der Waals surface area contributed by atoms with E-state index in [1.807, 2.05) is 19.1 Å². The molecule has 3 nitrogen and oxygen atoms in total. The van der Waals surface area contributed by atoms with E-state index in [0.717, 1.165) is 36.8 Å². The average molecular weight is 259 g/mol. The maximum Gasteiger partial charge on any atom is 0.129 e. The maximum atomic E-state index is 11.2. The quantitative estimate of drug-likeness (QED) is 0.756. The highest BCUT2D eigenvalue weighted by atomic mass is 35.5. The lowest BCUT2D eigenvalue weighted by molar-refractivity contribution is 0.290. The Balaban J connectivity index is 2.01. The van der Waals surface area contributed by atoms with Crippen LogP contribution in [0.15, 0.2) is 12.1 Å². The average Bonchev–Trinajstić information content (AvgIpc) is 2.25. The number of aryl methyl sites for hydroxylation is 1. The molecule has 0 spiro atoms. The summed E-state index contributed by atoms with van der Waals surface area (Å²) < 4.78 is 11.2. The van der Waals surface area contributed by atoms with Crippen molar-refractivity contribution >= 4 is 22.4 Å². The van der Waals surface area contributed by atoms with Crippen molar-refractivity contribution in [3.63, 3.8) is 0 Å². The molecule has 16 heavy (non-hydrogen) atoms. The predicted octanol–water partition coefficient (Wildman–Crippen LogP) is 1.61. The third-order valence-electron chi connectivity index (χ3n) is 2.83. The third kappa shape index (κ3) is 3.03. The van der Waals surface area contributed by atoms with E-state index in [1.54, 1.807) is 0 Å². The van der Waals surface area contributed by atoms with E-state index in [-0.39, 0.29) is 0 Å². The lowest BCUT2D eigenvalue weighted by atomic mass is 10.2. The summed E-state index contributed by atoms with van der Waals surface area (Å²) in [5.41, 5.74) is 2.19. The van der Waals surface area contributed by atoms with E-state index >= 15 is 0 Å². The number of halogens is 1. The summed E-state index contributed by atoms with van der Waals surface area (Å²) in [5, 5.41) is 0.543. The second-order valence-corrected chi connectivity index (χ2v) is 6.09. The topological polar surface area (TPSA) is 33.2 Å². The molecule has 0 atom stereocenters. The van der Waals surface area contributed by atoms with Crippen LogP contribution in [0.4, 0.5) is 0 Å². The largest absolute Gasteiger partial charge is 0.297 e. The van der Waals surface area contributed by atoms with Gasteiger partial charge in [0.25, 0.3) is 0 Å². The molecular formula is C11H15ClN2OS. The van der Waals surface area contributed by atoms with Crippen LogP contribution < -0.4 is 0 Å². The molecule has 88 valence electrons. The molecule has 2 rings (SSSR count). The van der Waals surface area contributed by atoms with Crippen molar-refractivity contribution in [3.05, 3.63) is 28.5 Å². The minimum Gasteiger partial charge on any atom is -0.297 e. The normalized spacial score (nSPS) is 18.9. The Morgan fingerprint density at radius 1 is 1.44 bits per heavy atom. The molecule has 0 aromatic carbocycles. The van der Waals surface area contributed by atoms with Crippen LogP contribution in [-0.4, -0.2) is 38.7 Å². The number of aromatic nitrogens is 1. The Kier molecular flexibility index (Phi) is 3.95. The number of nitrogens with zero attached hydrogens (tertiary/aromatic N) is 2. The fourth-order valence-corrected chi connectivity index (χ4v) is 3.12. The first-order chi connectivity index (χ1) is 7.65. The van der Waals surface area contributed by atoms with Crippen LogP contribution in [0.2, 0.25) is 5.15 Å². The third-order valence-corrected chi connectivity index (χ3v) is 4.31. The van der Waals surface area contributed by atoms with Crippen LogP contribution in [0.1, 0.15) is 11.3 Å². The zero-order valence-electron chi connectivity index (χ0n) is 9.28. The van der Waals surface area contributed by atoms with Crippen molar-refractivity contribution in [2.24, 2.45) is 0 Å². The van der Waals surface area contributed by atoms with Gasteiger partial charge in [0, 0.05) is 47.6 Å². The molecule has 0 N–H and O–H groups in total. The van der Waals surface area contributed by atoms with Gasteiger partial charge < -0.3 is 0 Å². The fraction of sp³-hybridized carbons (Fsp3) is 0.545. The van der Waals surface area contributed by atoms with Crippen molar-refractivity contribution in [1.82, 2.24) is 9.88 Å². The van der Waals surface area contributed by atoms with Gasteiger partial charge in [-0.05, 0) is 18.6 Å². The molecule has 1 aromatic heterocycles. The van der Waals surface area contributed by atoms with Gasteiger partial charge in [-0.25, -0.2) is 4.98 Å². The van der Waals surface area contributed by atoms with Crippen molar-refractivity contribution in [2.75, 3.05) is 24.6 Å². The summed E-state index contributed by atoms with van der Waals surface area (Å²) in [6, 6.07) is 3.85. The van der Waals surface area contributed by atoms with E-state index in [2.05, 4.69) is 9.88 Å². The van der Waals surface area contributed by atoms with E-state index in [9.17, 15) is 4.21 Å². The summed E-state index contributed by atoms with van der Waals surface area (Å²) in [6.45, 7) is 4.68. The minimum atomic E-state index is -0.606. The Hall–Kier alpha value is -0.450. The SMILES string of the molecule is Cc1nc(Cl)ccc1CN1CCS(=O)CC1. The van der Waals surface area contributed by atoms with Crippen molar-refractivity contribution < 1.29 is 4.21 Å². The van der Waals surface area contributed by atoms with Crippen LogP contribution in [0.25, 0.3) is 0 Å². The van der Waals surface area contributed by atoms with Gasteiger partial charge >= 0.3 is 0 Å². The van der Waals surface area contributed by atoms with Crippen molar-refractivity contribution in [2.45, 2.75) is 13.5 Å². The molecule has 1 aliphatic heterocycles. The molecule has 2 heterocycles. The Labute approximate surface area is 103 Å². The highest BCUT2D eigenvalue weighted by Gasteiger charge is 2.15. The Bertz CT molecular complexity index is 401. The number of hydrogen-bond acceptors (Lipinski definition) is 3. The number of hydrogen-bond donors (Lipinski definition) is 0. The van der Waals surface area contributed by atoms with Gasteiger partial charge in [0.05, 0.1) is 0 Å². The number of pyridine rings is 1. The first-order valence-electron chi connectivity index (χ1n) is 5.34. The second kappa shape index (κ2) is 5.25. The van der Waals surface area contributed by atoms with E-state index in [0.29, 0.717) is 5.15 Å². The fourth-order valence-electron chi connectivity index (χ4n) is 1.80. The highest BCUT2D eigenvalue weighted by molar-refractivity contribution is 7.85. The van der Waals surface area contributed by atoms with Crippen LogP contribution in [-0.2, 0) is 17.3 Å². The lowest BCUT2D eigenvalue weighted by Crippen LogP contribution is -2.37. The summed E-state index contributed by atoms with van der Waals surface area (Å²) in [6.07, 6.45) is 0. The van der Waals surface area contributed by atoms with Gasteiger partial charge in [0.15, 0.2) is 0 Å². The molecule has 1 saturated heterocycles. The van der Waals surface area contributed by atoms with E-state index in [1.165, 1.54) is 5.56 Å². The molecule has 0 unspecified atom stereocenters. The first kappa shape index (κ1) is 12.0. The second-order valence-electron chi connectivity index (χ2n) is 4.00. The molecule has 1 aromatic rings. The summed E-state index contributed by atoms with van der Waals surface area (Å²) in [7, 11) is -0.606. The Morgan fingerprint density at radius 2 is 2.12 bits per heavy atom. The molecule has 0 amide bonds. The van der Waals surface area contributed by atoms with Crippen molar-refractivity contribution in [3.8, 4) is 0 Å². The highest BCUT2D eigenvalue weighted by Crippen LogP contribution is 2.14. The first-order valence-corrected chi connectivity index (χ1v) is 7.21. The molecule has 5 heteroatoms. The summed E-state index contributed by atoms with van der Waals surface area (Å²) in [4.78, 5) is 6.55. The molecule has 0 bridgehead atoms. The monoisotopic (exact) mass is 258 g/mol. The van der Waals surface area contributed by atoms with Crippen LogP contribution in [0.5, 0.6) is 0 Å². The van der Waals surface area contributed by atoms with Gasteiger partial charge in [-0.1, -0.05) is 17.7 Å². The van der Waals surface area contributed by atoms with Gasteiger partial charge in [0.1, 0.15) is 5.15 Å². The molecule has 1 aliphatic rings. The zero-order valence-corrected chi connectivity index (χ0v) is 10.9. The summed E-state index contributed by atoms with van der Waals surface area (Å²) in [5.74, 6) is 1.58. The van der Waals surface area contributed by atoms with Crippen molar-refractivity contribution in [1.29, 1.82) is 0 Å². The summed E-state index contributed by atoms with van der Waals surface area (Å²) >= 11 is 5.81. The van der Waals surface area contributed by atoms with E-state index < -0.39 is 10.8 Å². The predicted molar refractivity (Wildman–Crippen MR) is 67.1 cm³/mol. The molecule has 0 aliphatic carbocycles. The van der Waals surface area contributed by atoms with E-state index in [4.69, 9.17) is 11.6 Å². The minimum absolute atomic E-state index is 0.543. The molecule has 0 saturated carbocycles. The van der Waals surface area contributed by atoms with Gasteiger partial charge in [-0.15, -0.1) is 0 Å². The molecular weight excluding hydrogens is 244 g/mol. The smallest absolute Gasteiger partial charge is 0.129 e. The number of rotatable bonds is 2. The Morgan fingerprint density at radius 3 is 2.75 bits per heavy atom. The van der Waals surface area contributed by atoms with Crippen LogP contribution >= 0.6 is 11.6 Å². The van der Waals surface area contributed by atoms with Gasteiger partial charge in [0.2, 0.25) is 0 Å². The lowest BCUT2D eigenvalue weighted by Gasteiger charge is -2.26. The van der Waals surface area contributed by atoms with Crippen LogP contribution in [0, 0.1) is 6.92 Å². The van der Waals surface area contributed by atoms with Gasteiger partial charge in [-0.2, -0.15) is 0 Å². The zero-order chi connectivity index (χ0) is 11.5. The van der Waals surface area contributed by atoms with Gasteiger partial charge in [-0.3, -0.25) is 9.11 Å².